The fourth-order valence-corrected chi connectivity index (χ4v) is 2.35. The summed E-state index contributed by atoms with van der Waals surface area (Å²) >= 11 is 0. The first-order valence-electron chi connectivity index (χ1n) is 6.78. The molecule has 1 atom stereocenters. The molecule has 1 N–H and O–H groups in total. The van der Waals surface area contributed by atoms with Gasteiger partial charge in [0.15, 0.2) is 0 Å². The van der Waals surface area contributed by atoms with Gasteiger partial charge in [-0.2, -0.15) is 0 Å². The summed E-state index contributed by atoms with van der Waals surface area (Å²) < 4.78 is 4.99. The van der Waals surface area contributed by atoms with Crippen molar-refractivity contribution in [2.75, 3.05) is 39.9 Å². The molecule has 0 radical (unpaired) electrons. The molecule has 1 rings (SSSR count). The molecule has 96 valence electrons. The lowest BCUT2D eigenvalue weighted by Gasteiger charge is -2.33. The van der Waals surface area contributed by atoms with Gasteiger partial charge in [0.05, 0.1) is 6.61 Å². The first-order valence-corrected chi connectivity index (χ1v) is 6.78. The molecular formula is C13H28N2O. The third-order valence-electron chi connectivity index (χ3n) is 3.47. The Kier molecular flexibility index (Phi) is 7.81. The Hall–Kier alpha value is -0.120. The Morgan fingerprint density at radius 3 is 2.88 bits per heavy atom. The fraction of sp³-hybridized carbons (Fsp3) is 1.00. The highest BCUT2D eigenvalue weighted by molar-refractivity contribution is 4.72. The van der Waals surface area contributed by atoms with Gasteiger partial charge in [0.2, 0.25) is 0 Å². The van der Waals surface area contributed by atoms with Crippen molar-refractivity contribution in [3.05, 3.63) is 0 Å². The van der Waals surface area contributed by atoms with Gasteiger partial charge >= 0.3 is 0 Å². The van der Waals surface area contributed by atoms with Gasteiger partial charge in [-0.05, 0) is 52.2 Å². The lowest BCUT2D eigenvalue weighted by atomic mass is 10.0. The first kappa shape index (κ1) is 13.9. The molecule has 1 aliphatic heterocycles. The van der Waals surface area contributed by atoms with Gasteiger partial charge in [-0.3, -0.25) is 0 Å². The molecule has 0 aliphatic carbocycles. The fourth-order valence-electron chi connectivity index (χ4n) is 2.35. The molecule has 1 saturated heterocycles. The molecule has 1 heterocycles. The Morgan fingerprint density at radius 2 is 2.12 bits per heavy atom. The van der Waals surface area contributed by atoms with E-state index in [1.54, 1.807) is 7.11 Å². The van der Waals surface area contributed by atoms with Crippen molar-refractivity contribution in [2.45, 2.75) is 45.1 Å². The van der Waals surface area contributed by atoms with Gasteiger partial charge in [-0.1, -0.05) is 6.42 Å². The second-order valence-corrected chi connectivity index (χ2v) is 4.83. The minimum absolute atomic E-state index is 0.815. The van der Waals surface area contributed by atoms with Crippen molar-refractivity contribution >= 4 is 0 Å². The lowest BCUT2D eigenvalue weighted by molar-refractivity contribution is 0.157. The number of rotatable bonds is 8. The number of likely N-dealkylation sites (tertiary alicyclic amines) is 1. The van der Waals surface area contributed by atoms with Crippen LogP contribution in [-0.2, 0) is 4.74 Å². The summed E-state index contributed by atoms with van der Waals surface area (Å²) in [5.41, 5.74) is 0. The molecule has 0 aromatic rings. The number of piperidine rings is 1. The number of unbranched alkanes of at least 4 members (excludes halogenated alkanes) is 1. The van der Waals surface area contributed by atoms with Crippen molar-refractivity contribution in [2.24, 2.45) is 0 Å². The molecule has 1 aliphatic rings. The number of nitrogens with zero attached hydrogens (tertiary/aromatic N) is 1. The zero-order valence-corrected chi connectivity index (χ0v) is 11.0. The normalized spacial score (nSPS) is 22.5. The monoisotopic (exact) mass is 228 g/mol. The highest BCUT2D eigenvalue weighted by Crippen LogP contribution is 2.16. The summed E-state index contributed by atoms with van der Waals surface area (Å²) in [4.78, 5) is 2.65. The molecular weight excluding hydrogens is 200 g/mol. The van der Waals surface area contributed by atoms with Crippen molar-refractivity contribution in [1.29, 1.82) is 0 Å². The second kappa shape index (κ2) is 8.97. The quantitative estimate of drug-likeness (QED) is 0.642. The number of hydrogen-bond donors (Lipinski definition) is 1. The van der Waals surface area contributed by atoms with Crippen LogP contribution in [0.3, 0.4) is 0 Å². The van der Waals surface area contributed by atoms with E-state index in [0.29, 0.717) is 0 Å². The topological polar surface area (TPSA) is 24.5 Å². The SMILES string of the molecule is COCCNCCCCN1CCCCC1C. The minimum atomic E-state index is 0.815. The number of nitrogens with one attached hydrogen (secondary N) is 1. The van der Waals surface area contributed by atoms with Crippen LogP contribution >= 0.6 is 0 Å². The molecule has 0 aromatic carbocycles. The predicted octanol–water partition coefficient (Wildman–Crippen LogP) is 1.88. The summed E-state index contributed by atoms with van der Waals surface area (Å²) in [7, 11) is 1.75. The maximum Gasteiger partial charge on any atom is 0.0587 e. The van der Waals surface area contributed by atoms with Gasteiger partial charge in [0, 0.05) is 19.7 Å². The van der Waals surface area contributed by atoms with Crippen LogP contribution in [0.1, 0.15) is 39.0 Å². The molecule has 3 nitrogen and oxygen atoms in total. The summed E-state index contributed by atoms with van der Waals surface area (Å²) in [6, 6.07) is 0.815. The van der Waals surface area contributed by atoms with E-state index in [4.69, 9.17) is 4.74 Å². The van der Waals surface area contributed by atoms with E-state index in [1.807, 2.05) is 0 Å². The minimum Gasteiger partial charge on any atom is -0.383 e. The van der Waals surface area contributed by atoms with Crippen molar-refractivity contribution in [3.63, 3.8) is 0 Å². The number of methoxy groups -OCH3 is 1. The molecule has 1 fully saturated rings. The predicted molar refractivity (Wildman–Crippen MR) is 68.9 cm³/mol. The average Bonchev–Trinajstić information content (AvgIpc) is 2.30. The number of hydrogen-bond acceptors (Lipinski definition) is 3. The largest absolute Gasteiger partial charge is 0.383 e. The molecule has 0 amide bonds. The van der Waals surface area contributed by atoms with Gasteiger partial charge in [0.25, 0.3) is 0 Å². The molecule has 16 heavy (non-hydrogen) atoms. The summed E-state index contributed by atoms with van der Waals surface area (Å²) in [6.45, 7) is 7.91. The van der Waals surface area contributed by atoms with E-state index in [9.17, 15) is 0 Å². The highest BCUT2D eigenvalue weighted by atomic mass is 16.5. The van der Waals surface area contributed by atoms with Gasteiger partial charge < -0.3 is 15.0 Å². The smallest absolute Gasteiger partial charge is 0.0587 e. The van der Waals surface area contributed by atoms with E-state index < -0.39 is 0 Å². The van der Waals surface area contributed by atoms with Gasteiger partial charge in [0.1, 0.15) is 0 Å². The van der Waals surface area contributed by atoms with Crippen LogP contribution < -0.4 is 5.32 Å². The molecule has 3 heteroatoms. The van der Waals surface area contributed by atoms with Crippen LogP contribution in [0.2, 0.25) is 0 Å². The molecule has 1 unspecified atom stereocenters. The van der Waals surface area contributed by atoms with Crippen molar-refractivity contribution < 1.29 is 4.74 Å². The van der Waals surface area contributed by atoms with Crippen LogP contribution in [0.5, 0.6) is 0 Å². The van der Waals surface area contributed by atoms with Crippen LogP contribution in [0.25, 0.3) is 0 Å². The molecule has 0 bridgehead atoms. The maximum atomic E-state index is 4.99. The standard InChI is InChI=1S/C13H28N2O/c1-13-7-3-5-10-15(13)11-6-4-8-14-9-12-16-2/h13-14H,3-12H2,1-2H3. The molecule has 0 aromatic heterocycles. The third-order valence-corrected chi connectivity index (χ3v) is 3.47. The lowest BCUT2D eigenvalue weighted by Crippen LogP contribution is -2.38. The Balaban J connectivity index is 1.90. The van der Waals surface area contributed by atoms with E-state index in [-0.39, 0.29) is 0 Å². The molecule has 0 saturated carbocycles. The summed E-state index contributed by atoms with van der Waals surface area (Å²) in [5.74, 6) is 0. The molecule has 0 spiro atoms. The van der Waals surface area contributed by atoms with Gasteiger partial charge in [-0.15, -0.1) is 0 Å². The van der Waals surface area contributed by atoms with Crippen molar-refractivity contribution in [1.82, 2.24) is 10.2 Å². The summed E-state index contributed by atoms with van der Waals surface area (Å²) in [5, 5.41) is 3.39. The van der Waals surface area contributed by atoms with E-state index in [0.717, 1.165) is 25.7 Å². The zero-order valence-electron chi connectivity index (χ0n) is 11.0. The average molecular weight is 228 g/mol. The maximum absolute atomic E-state index is 4.99. The van der Waals surface area contributed by atoms with Crippen LogP contribution in [0.15, 0.2) is 0 Å². The second-order valence-electron chi connectivity index (χ2n) is 4.83. The Morgan fingerprint density at radius 1 is 1.25 bits per heavy atom. The van der Waals surface area contributed by atoms with E-state index in [2.05, 4.69) is 17.1 Å². The Labute approximate surface area is 101 Å². The summed E-state index contributed by atoms with van der Waals surface area (Å²) in [6.07, 6.45) is 6.83. The van der Waals surface area contributed by atoms with E-state index >= 15 is 0 Å². The van der Waals surface area contributed by atoms with Crippen LogP contribution in [0, 0.1) is 0 Å². The van der Waals surface area contributed by atoms with E-state index in [1.165, 1.54) is 45.2 Å². The first-order chi connectivity index (χ1) is 7.84. The van der Waals surface area contributed by atoms with Gasteiger partial charge in [-0.25, -0.2) is 0 Å². The van der Waals surface area contributed by atoms with Crippen LogP contribution in [-0.4, -0.2) is 50.8 Å². The highest BCUT2D eigenvalue weighted by Gasteiger charge is 2.16. The zero-order chi connectivity index (χ0) is 11.6. The third kappa shape index (κ3) is 5.83. The van der Waals surface area contributed by atoms with Crippen molar-refractivity contribution in [3.8, 4) is 0 Å². The number of ether oxygens (including phenoxy) is 1. The van der Waals surface area contributed by atoms with Crippen LogP contribution in [0.4, 0.5) is 0 Å². The Bertz CT molecular complexity index is 164.